The standard InChI is InChI=1S/C15H16N2O3/c1-3-4-8-17-14(19)12(13(18)16-15(17)20)11-7-5-6-10(2)9-11/h3,5-7,9,12H,1,4,8H2,2H3,(H,16,18,20). The van der Waals surface area contributed by atoms with Crippen LogP contribution in [0.2, 0.25) is 0 Å². The summed E-state index contributed by atoms with van der Waals surface area (Å²) in [4.78, 5) is 37.1. The predicted molar refractivity (Wildman–Crippen MR) is 74.0 cm³/mol. The zero-order chi connectivity index (χ0) is 14.7. The third-order valence-corrected chi connectivity index (χ3v) is 3.18. The molecule has 0 saturated carbocycles. The van der Waals surface area contributed by atoms with Crippen LogP contribution in [0, 0.1) is 6.92 Å². The number of rotatable bonds is 4. The number of barbiturate groups is 1. The van der Waals surface area contributed by atoms with Crippen molar-refractivity contribution in [1.29, 1.82) is 0 Å². The molecular formula is C15H16N2O3. The maximum atomic E-state index is 12.4. The number of amides is 4. The summed E-state index contributed by atoms with van der Waals surface area (Å²) in [6, 6.07) is 6.51. The van der Waals surface area contributed by atoms with Gasteiger partial charge in [0.1, 0.15) is 5.92 Å². The Bertz CT molecular complexity index is 580. The van der Waals surface area contributed by atoms with E-state index in [4.69, 9.17) is 0 Å². The van der Waals surface area contributed by atoms with Crippen molar-refractivity contribution in [3.05, 3.63) is 48.0 Å². The van der Waals surface area contributed by atoms with Crippen LogP contribution in [0.15, 0.2) is 36.9 Å². The lowest BCUT2D eigenvalue weighted by Gasteiger charge is -2.30. The van der Waals surface area contributed by atoms with Gasteiger partial charge in [0, 0.05) is 6.54 Å². The van der Waals surface area contributed by atoms with Gasteiger partial charge in [-0.3, -0.25) is 19.8 Å². The number of benzene rings is 1. The van der Waals surface area contributed by atoms with Gasteiger partial charge in [-0.15, -0.1) is 6.58 Å². The van der Waals surface area contributed by atoms with Gasteiger partial charge in [0.15, 0.2) is 0 Å². The van der Waals surface area contributed by atoms with Crippen LogP contribution in [-0.2, 0) is 9.59 Å². The molecule has 1 atom stereocenters. The minimum Gasteiger partial charge on any atom is -0.277 e. The van der Waals surface area contributed by atoms with Gasteiger partial charge in [0.05, 0.1) is 0 Å². The second-order valence-corrected chi connectivity index (χ2v) is 4.71. The van der Waals surface area contributed by atoms with Crippen LogP contribution in [-0.4, -0.2) is 29.3 Å². The van der Waals surface area contributed by atoms with Crippen molar-refractivity contribution in [1.82, 2.24) is 10.2 Å². The van der Waals surface area contributed by atoms with E-state index in [1.54, 1.807) is 24.3 Å². The fourth-order valence-electron chi connectivity index (χ4n) is 2.19. The molecule has 0 aromatic heterocycles. The maximum absolute atomic E-state index is 12.4. The number of urea groups is 1. The number of nitrogens with one attached hydrogen (secondary N) is 1. The van der Waals surface area contributed by atoms with Crippen LogP contribution in [0.4, 0.5) is 4.79 Å². The van der Waals surface area contributed by atoms with E-state index in [0.29, 0.717) is 12.0 Å². The van der Waals surface area contributed by atoms with Gasteiger partial charge in [-0.05, 0) is 18.9 Å². The number of hydrogen-bond donors (Lipinski definition) is 1. The molecule has 1 fully saturated rings. The molecule has 2 rings (SSSR count). The zero-order valence-corrected chi connectivity index (χ0v) is 11.3. The topological polar surface area (TPSA) is 66.5 Å². The Labute approximate surface area is 117 Å². The molecule has 1 N–H and O–H groups in total. The predicted octanol–water partition coefficient (Wildman–Crippen LogP) is 1.73. The fraction of sp³-hybridized carbons (Fsp3) is 0.267. The van der Waals surface area contributed by atoms with Crippen LogP contribution in [0.5, 0.6) is 0 Å². The molecule has 1 saturated heterocycles. The minimum atomic E-state index is -0.961. The first-order valence-corrected chi connectivity index (χ1v) is 6.38. The maximum Gasteiger partial charge on any atom is 0.330 e. The monoisotopic (exact) mass is 272 g/mol. The SMILES string of the molecule is C=CCCN1C(=O)NC(=O)C(c2cccc(C)c2)C1=O. The molecule has 1 heterocycles. The smallest absolute Gasteiger partial charge is 0.277 e. The first-order valence-electron chi connectivity index (χ1n) is 6.38. The van der Waals surface area contributed by atoms with Crippen molar-refractivity contribution in [2.45, 2.75) is 19.3 Å². The van der Waals surface area contributed by atoms with Crippen molar-refractivity contribution in [2.75, 3.05) is 6.54 Å². The third-order valence-electron chi connectivity index (χ3n) is 3.18. The summed E-state index contributed by atoms with van der Waals surface area (Å²) >= 11 is 0. The first-order chi connectivity index (χ1) is 9.54. The van der Waals surface area contributed by atoms with E-state index in [-0.39, 0.29) is 6.54 Å². The highest BCUT2D eigenvalue weighted by molar-refractivity contribution is 6.19. The third kappa shape index (κ3) is 2.61. The molecule has 20 heavy (non-hydrogen) atoms. The Balaban J connectivity index is 2.32. The molecule has 4 amide bonds. The molecule has 1 aromatic carbocycles. The summed E-state index contributed by atoms with van der Waals surface area (Å²) in [7, 11) is 0. The molecule has 104 valence electrons. The second-order valence-electron chi connectivity index (χ2n) is 4.71. The van der Waals surface area contributed by atoms with E-state index in [2.05, 4.69) is 11.9 Å². The fourth-order valence-corrected chi connectivity index (χ4v) is 2.19. The van der Waals surface area contributed by atoms with E-state index in [1.165, 1.54) is 0 Å². The molecule has 0 aliphatic carbocycles. The number of imide groups is 2. The lowest BCUT2D eigenvalue weighted by molar-refractivity contribution is -0.138. The molecule has 0 bridgehead atoms. The number of carbonyl (C=O) groups excluding carboxylic acids is 3. The van der Waals surface area contributed by atoms with Gasteiger partial charge < -0.3 is 0 Å². The zero-order valence-electron chi connectivity index (χ0n) is 11.3. The van der Waals surface area contributed by atoms with Crippen molar-refractivity contribution >= 4 is 17.8 Å². The van der Waals surface area contributed by atoms with Gasteiger partial charge >= 0.3 is 6.03 Å². The van der Waals surface area contributed by atoms with Crippen LogP contribution in [0.25, 0.3) is 0 Å². The Kier molecular flexibility index (Phi) is 3.98. The summed E-state index contributed by atoms with van der Waals surface area (Å²) in [6.07, 6.45) is 2.12. The van der Waals surface area contributed by atoms with Crippen molar-refractivity contribution in [3.8, 4) is 0 Å². The van der Waals surface area contributed by atoms with Crippen LogP contribution < -0.4 is 5.32 Å². The summed E-state index contributed by atoms with van der Waals surface area (Å²) in [6.45, 7) is 5.67. The Morgan fingerprint density at radius 1 is 1.35 bits per heavy atom. The first kappa shape index (κ1) is 14.0. The summed E-state index contributed by atoms with van der Waals surface area (Å²) in [5.74, 6) is -2.01. The highest BCUT2D eigenvalue weighted by atomic mass is 16.2. The van der Waals surface area contributed by atoms with Gasteiger partial charge in [0.2, 0.25) is 11.8 Å². The lowest BCUT2D eigenvalue weighted by atomic mass is 9.94. The summed E-state index contributed by atoms with van der Waals surface area (Å²) < 4.78 is 0. The molecule has 0 spiro atoms. The van der Waals surface area contributed by atoms with Crippen LogP contribution >= 0.6 is 0 Å². The average Bonchev–Trinajstić information content (AvgIpc) is 2.38. The highest BCUT2D eigenvalue weighted by Gasteiger charge is 2.40. The van der Waals surface area contributed by atoms with Crippen molar-refractivity contribution in [3.63, 3.8) is 0 Å². The molecule has 5 nitrogen and oxygen atoms in total. The molecule has 0 radical (unpaired) electrons. The Morgan fingerprint density at radius 2 is 2.10 bits per heavy atom. The van der Waals surface area contributed by atoms with E-state index in [1.807, 2.05) is 13.0 Å². The minimum absolute atomic E-state index is 0.226. The Morgan fingerprint density at radius 3 is 2.75 bits per heavy atom. The molecule has 5 heteroatoms. The van der Waals surface area contributed by atoms with Gasteiger partial charge in [-0.1, -0.05) is 35.9 Å². The van der Waals surface area contributed by atoms with Gasteiger partial charge in [0.25, 0.3) is 0 Å². The molecular weight excluding hydrogens is 256 g/mol. The highest BCUT2D eigenvalue weighted by Crippen LogP contribution is 2.23. The van der Waals surface area contributed by atoms with E-state index in [0.717, 1.165) is 10.5 Å². The normalized spacial score (nSPS) is 18.9. The van der Waals surface area contributed by atoms with Crippen LogP contribution in [0.1, 0.15) is 23.5 Å². The molecule has 1 aromatic rings. The molecule has 1 aliphatic heterocycles. The van der Waals surface area contributed by atoms with Crippen molar-refractivity contribution in [2.24, 2.45) is 0 Å². The van der Waals surface area contributed by atoms with Gasteiger partial charge in [-0.25, -0.2) is 4.79 Å². The summed E-state index contributed by atoms with van der Waals surface area (Å²) in [5, 5.41) is 2.23. The number of hydrogen-bond acceptors (Lipinski definition) is 3. The van der Waals surface area contributed by atoms with Crippen molar-refractivity contribution < 1.29 is 14.4 Å². The van der Waals surface area contributed by atoms with E-state index < -0.39 is 23.8 Å². The number of carbonyl (C=O) groups is 3. The Hall–Kier alpha value is -2.43. The quantitative estimate of drug-likeness (QED) is 0.670. The molecule has 1 unspecified atom stereocenters. The average molecular weight is 272 g/mol. The summed E-state index contributed by atoms with van der Waals surface area (Å²) in [5.41, 5.74) is 1.56. The van der Waals surface area contributed by atoms with E-state index >= 15 is 0 Å². The van der Waals surface area contributed by atoms with Gasteiger partial charge in [-0.2, -0.15) is 0 Å². The second kappa shape index (κ2) is 5.69. The number of nitrogens with zero attached hydrogens (tertiary/aromatic N) is 1. The van der Waals surface area contributed by atoms with Crippen LogP contribution in [0.3, 0.4) is 0 Å². The lowest BCUT2D eigenvalue weighted by Crippen LogP contribution is -2.56. The largest absolute Gasteiger partial charge is 0.330 e. The molecule has 1 aliphatic rings. The van der Waals surface area contributed by atoms with E-state index in [9.17, 15) is 14.4 Å². The number of aryl methyl sites for hydroxylation is 1.